The molecule has 0 aromatic heterocycles. The quantitative estimate of drug-likeness (QED) is 0.397. The number of hydrogen-bond acceptors (Lipinski definition) is 2. The van der Waals surface area contributed by atoms with Crippen molar-refractivity contribution in [2.45, 2.75) is 6.92 Å². The molecule has 40 valence electrons. The maximum atomic E-state index is 7.57. The molecule has 0 saturated carbocycles. The van der Waals surface area contributed by atoms with Crippen molar-refractivity contribution in [3.63, 3.8) is 0 Å². The van der Waals surface area contributed by atoms with Gasteiger partial charge in [0.2, 0.25) is 0 Å². The summed E-state index contributed by atoms with van der Waals surface area (Å²) >= 11 is 0. The number of nitrogens with zero attached hydrogens (tertiary/aromatic N) is 1. The third kappa shape index (κ3) is 742. The summed E-state index contributed by atoms with van der Waals surface area (Å²) in [5.74, 6) is 0. The third-order valence-corrected chi connectivity index (χ3v) is 0. The molecule has 0 aliphatic rings. The predicted molar refractivity (Wildman–Crippen MR) is 30.2 cm³/mol. The van der Waals surface area contributed by atoms with Crippen LogP contribution in [0.25, 0.3) is 0 Å². The monoisotopic (exact) mass is 115 g/mol. The number of nitriles is 1. The van der Waals surface area contributed by atoms with Crippen LogP contribution in [-0.4, -0.2) is 46.7 Å². The molecule has 0 radical (unpaired) electrons. The van der Waals surface area contributed by atoms with Gasteiger partial charge in [0.1, 0.15) is 0 Å². The van der Waals surface area contributed by atoms with Crippen molar-refractivity contribution >= 4 is 29.6 Å². The average Bonchev–Trinajstić information content (AvgIpc) is 1.46. The first-order valence-electron chi connectivity index (χ1n) is 1.28. The van der Waals surface area contributed by atoms with Crippen molar-refractivity contribution in [1.29, 1.82) is 5.26 Å². The SMILES string of the molecule is C#N.CCO.O.[NaH]. The topological polar surface area (TPSA) is 75.5 Å². The molecule has 0 aliphatic carbocycles. The average molecular weight is 115 g/mol. The Morgan fingerprint density at radius 3 is 1.57 bits per heavy atom. The Morgan fingerprint density at radius 1 is 1.57 bits per heavy atom. The van der Waals surface area contributed by atoms with Crippen LogP contribution in [0, 0.1) is 11.8 Å². The summed E-state index contributed by atoms with van der Waals surface area (Å²) in [6.07, 6.45) is 0. The van der Waals surface area contributed by atoms with Crippen LogP contribution < -0.4 is 0 Å². The van der Waals surface area contributed by atoms with E-state index in [-0.39, 0.29) is 41.6 Å². The Kier molecular flexibility index (Phi) is 353. The molecule has 3 nitrogen and oxygen atoms in total. The molecule has 0 amide bonds. The molecule has 0 heterocycles. The first kappa shape index (κ1) is 26.2. The van der Waals surface area contributed by atoms with Crippen molar-refractivity contribution in [1.82, 2.24) is 0 Å². The zero-order valence-corrected chi connectivity index (χ0v) is 3.68. The Morgan fingerprint density at radius 2 is 1.57 bits per heavy atom. The first-order valence-corrected chi connectivity index (χ1v) is 1.28. The number of hydrogen-bond donors (Lipinski definition) is 1. The minimum atomic E-state index is 0. The fourth-order valence-corrected chi connectivity index (χ4v) is 0. The fourth-order valence-electron chi connectivity index (χ4n) is 0. The Balaban J connectivity index is -0.0000000105. The van der Waals surface area contributed by atoms with E-state index in [1.165, 1.54) is 0 Å². The van der Waals surface area contributed by atoms with Gasteiger partial charge in [0.15, 0.2) is 0 Å². The molecule has 0 rings (SSSR count). The second-order valence-electron chi connectivity index (χ2n) is 0.316. The van der Waals surface area contributed by atoms with Gasteiger partial charge in [-0.1, -0.05) is 0 Å². The number of rotatable bonds is 0. The van der Waals surface area contributed by atoms with E-state index < -0.39 is 0 Å². The minimum absolute atomic E-state index is 0. The van der Waals surface area contributed by atoms with E-state index in [0.29, 0.717) is 0 Å². The number of aliphatic hydroxyl groups is 1. The van der Waals surface area contributed by atoms with Gasteiger partial charge in [0.25, 0.3) is 0 Å². The third-order valence-electron chi connectivity index (χ3n) is 0. The van der Waals surface area contributed by atoms with Gasteiger partial charge in [0.05, 0.1) is 0 Å². The zero-order chi connectivity index (χ0) is 4.71. The molecule has 0 fully saturated rings. The van der Waals surface area contributed by atoms with Crippen molar-refractivity contribution in [2.24, 2.45) is 0 Å². The Bertz CT molecular complexity index is 24.1. The molecule has 0 atom stereocenters. The molecular formula is C3H10NNaO2. The van der Waals surface area contributed by atoms with Crippen LogP contribution in [0.3, 0.4) is 0 Å². The van der Waals surface area contributed by atoms with Gasteiger partial charge >= 0.3 is 29.6 Å². The molecule has 4 heteroatoms. The predicted octanol–water partition coefficient (Wildman–Crippen LogP) is -1.33. The standard InChI is InChI=1S/C2H6O.CHN.Na.H2O.H/c1-2-3;1-2;;;/h3H,2H2,1H3;1H;;1H2;. The van der Waals surface area contributed by atoms with Crippen LogP contribution >= 0.6 is 0 Å². The summed E-state index contributed by atoms with van der Waals surface area (Å²) in [4.78, 5) is 0. The van der Waals surface area contributed by atoms with Crippen LogP contribution in [0.1, 0.15) is 6.92 Å². The van der Waals surface area contributed by atoms with Crippen molar-refractivity contribution in [3.8, 4) is 6.57 Å². The van der Waals surface area contributed by atoms with Gasteiger partial charge in [-0.2, -0.15) is 0 Å². The molecule has 0 aliphatic heterocycles. The fraction of sp³-hybridized carbons (Fsp3) is 0.667. The second kappa shape index (κ2) is 94.4. The molecule has 0 aromatic carbocycles. The van der Waals surface area contributed by atoms with Gasteiger partial charge in [-0.3, -0.25) is 0 Å². The normalized spacial score (nSPS) is 2.86. The van der Waals surface area contributed by atoms with Gasteiger partial charge in [0, 0.05) is 13.2 Å². The summed E-state index contributed by atoms with van der Waals surface area (Å²) in [7, 11) is 0. The van der Waals surface area contributed by atoms with Crippen molar-refractivity contribution in [3.05, 3.63) is 0 Å². The maximum absolute atomic E-state index is 7.57. The summed E-state index contributed by atoms with van der Waals surface area (Å²) in [5, 5.41) is 14.1. The van der Waals surface area contributed by atoms with E-state index in [4.69, 9.17) is 10.4 Å². The molecule has 0 bridgehead atoms. The van der Waals surface area contributed by atoms with E-state index in [1.807, 2.05) is 0 Å². The first-order chi connectivity index (χ1) is 2.41. The van der Waals surface area contributed by atoms with Crippen LogP contribution in [0.2, 0.25) is 0 Å². The zero-order valence-electron chi connectivity index (χ0n) is 3.68. The van der Waals surface area contributed by atoms with Gasteiger partial charge in [-0.05, 0) is 6.92 Å². The molecule has 7 heavy (non-hydrogen) atoms. The van der Waals surface area contributed by atoms with E-state index in [2.05, 4.69) is 6.57 Å². The summed E-state index contributed by atoms with van der Waals surface area (Å²) in [5.41, 5.74) is 0. The van der Waals surface area contributed by atoms with Gasteiger partial charge < -0.3 is 10.6 Å². The molecule has 3 N–H and O–H groups in total. The number of aliphatic hydroxyl groups excluding tert-OH is 1. The summed E-state index contributed by atoms with van der Waals surface area (Å²) in [6.45, 7) is 5.43. The second-order valence-corrected chi connectivity index (χ2v) is 0.316. The van der Waals surface area contributed by atoms with Crippen LogP contribution in [0.4, 0.5) is 0 Å². The molecular weight excluding hydrogens is 105 g/mol. The van der Waals surface area contributed by atoms with E-state index in [1.54, 1.807) is 6.92 Å². The van der Waals surface area contributed by atoms with Crippen molar-refractivity contribution in [2.75, 3.05) is 6.61 Å². The van der Waals surface area contributed by atoms with Crippen LogP contribution in [0.15, 0.2) is 0 Å². The van der Waals surface area contributed by atoms with Crippen LogP contribution in [0.5, 0.6) is 0 Å². The summed E-state index contributed by atoms with van der Waals surface area (Å²) in [6, 6.07) is 0. The van der Waals surface area contributed by atoms with Crippen LogP contribution in [-0.2, 0) is 0 Å². The molecule has 0 aromatic rings. The molecule has 0 unspecified atom stereocenters. The molecule has 0 saturated heterocycles. The van der Waals surface area contributed by atoms with E-state index in [0.717, 1.165) is 0 Å². The van der Waals surface area contributed by atoms with Gasteiger partial charge in [-0.25, -0.2) is 5.26 Å². The van der Waals surface area contributed by atoms with E-state index >= 15 is 0 Å². The molecule has 0 spiro atoms. The Hall–Kier alpha value is 0.410. The Labute approximate surface area is 65.6 Å². The van der Waals surface area contributed by atoms with E-state index in [9.17, 15) is 0 Å². The summed E-state index contributed by atoms with van der Waals surface area (Å²) < 4.78 is 0. The van der Waals surface area contributed by atoms with Gasteiger partial charge in [-0.15, -0.1) is 0 Å². The van der Waals surface area contributed by atoms with Crippen molar-refractivity contribution < 1.29 is 10.6 Å².